The molecule has 0 bridgehead atoms. The Morgan fingerprint density at radius 2 is 1.80 bits per heavy atom. The number of aliphatic carboxylic acids is 1. The number of benzene rings is 2. The Kier molecular flexibility index (Phi) is 5.49. The van der Waals surface area contributed by atoms with Gasteiger partial charge in [-0.1, -0.05) is 46.9 Å². The van der Waals surface area contributed by atoms with Crippen molar-refractivity contribution in [2.45, 2.75) is 6.42 Å². The second-order valence-electron chi connectivity index (χ2n) is 5.12. The van der Waals surface area contributed by atoms with Crippen LogP contribution >= 0.6 is 46.1 Å². The van der Waals surface area contributed by atoms with Gasteiger partial charge in [-0.3, -0.25) is 4.79 Å². The minimum atomic E-state index is -0.917. The lowest BCUT2D eigenvalue weighted by molar-refractivity contribution is -0.136. The van der Waals surface area contributed by atoms with Crippen LogP contribution in [0, 0.1) is 0 Å². The minimum absolute atomic E-state index is 0.112. The number of aromatic nitrogens is 1. The first-order valence-electron chi connectivity index (χ1n) is 7.12. The van der Waals surface area contributed by atoms with Gasteiger partial charge in [0.15, 0.2) is 5.13 Å². The number of carbonyl (C=O) groups is 1. The minimum Gasteiger partial charge on any atom is -0.481 e. The molecule has 1 aromatic heterocycles. The van der Waals surface area contributed by atoms with Gasteiger partial charge in [0.2, 0.25) is 0 Å². The van der Waals surface area contributed by atoms with Crippen molar-refractivity contribution < 1.29 is 9.90 Å². The lowest BCUT2D eigenvalue weighted by Gasteiger charge is -2.03. The summed E-state index contributed by atoms with van der Waals surface area (Å²) < 4.78 is 0. The summed E-state index contributed by atoms with van der Waals surface area (Å²) in [4.78, 5) is 16.3. The van der Waals surface area contributed by atoms with Gasteiger partial charge in [0.25, 0.3) is 0 Å². The van der Waals surface area contributed by atoms with Crippen molar-refractivity contribution >= 4 is 62.9 Å². The van der Waals surface area contributed by atoms with Crippen molar-refractivity contribution in [2.75, 3.05) is 5.32 Å². The smallest absolute Gasteiger partial charge is 0.308 e. The van der Waals surface area contributed by atoms with Gasteiger partial charge >= 0.3 is 5.97 Å². The molecule has 128 valence electrons. The van der Waals surface area contributed by atoms with E-state index in [0.29, 0.717) is 36.5 Å². The summed E-state index contributed by atoms with van der Waals surface area (Å²) in [5.41, 5.74) is 2.14. The Morgan fingerprint density at radius 3 is 2.44 bits per heavy atom. The number of carboxylic acids is 1. The molecule has 2 N–H and O–H groups in total. The monoisotopic (exact) mass is 412 g/mol. The number of thiazole rings is 1. The Bertz CT molecular complexity index is 926. The maximum absolute atomic E-state index is 11.2. The Balaban J connectivity index is 1.96. The number of halogens is 3. The SMILES string of the molecule is O=C(O)Cc1sc(Nc2ccc(Cl)c(Cl)c2)nc1-c1ccc(Cl)cc1. The second-order valence-corrected chi connectivity index (χ2v) is 7.46. The largest absolute Gasteiger partial charge is 0.481 e. The fourth-order valence-corrected chi connectivity index (χ4v) is 3.61. The van der Waals surface area contributed by atoms with Crippen LogP contribution in [0.3, 0.4) is 0 Å². The number of anilines is 2. The van der Waals surface area contributed by atoms with Crippen molar-refractivity contribution in [3.05, 3.63) is 62.4 Å². The normalized spacial score (nSPS) is 10.7. The van der Waals surface area contributed by atoms with E-state index in [1.165, 1.54) is 11.3 Å². The van der Waals surface area contributed by atoms with E-state index in [0.717, 1.165) is 5.56 Å². The Labute approximate surface area is 163 Å². The van der Waals surface area contributed by atoms with E-state index in [9.17, 15) is 4.79 Å². The molecule has 0 aliphatic heterocycles. The highest BCUT2D eigenvalue weighted by molar-refractivity contribution is 7.16. The summed E-state index contributed by atoms with van der Waals surface area (Å²) in [5.74, 6) is -0.917. The van der Waals surface area contributed by atoms with Gasteiger partial charge in [0.05, 0.1) is 22.2 Å². The molecule has 1 heterocycles. The van der Waals surface area contributed by atoms with Gasteiger partial charge in [0, 0.05) is 21.2 Å². The van der Waals surface area contributed by atoms with Crippen molar-refractivity contribution in [3.8, 4) is 11.3 Å². The average Bonchev–Trinajstić information content (AvgIpc) is 2.93. The highest BCUT2D eigenvalue weighted by Crippen LogP contribution is 2.34. The number of nitrogens with zero attached hydrogens (tertiary/aromatic N) is 1. The van der Waals surface area contributed by atoms with Crippen molar-refractivity contribution in [3.63, 3.8) is 0 Å². The van der Waals surface area contributed by atoms with E-state index in [-0.39, 0.29) is 6.42 Å². The van der Waals surface area contributed by atoms with Crippen LogP contribution in [0.2, 0.25) is 15.1 Å². The van der Waals surface area contributed by atoms with Gasteiger partial charge in [-0.15, -0.1) is 11.3 Å². The lowest BCUT2D eigenvalue weighted by Crippen LogP contribution is -1.99. The number of carboxylic acid groups (broad SMARTS) is 1. The Morgan fingerprint density at radius 1 is 1.08 bits per heavy atom. The van der Waals surface area contributed by atoms with E-state index >= 15 is 0 Å². The van der Waals surface area contributed by atoms with E-state index in [4.69, 9.17) is 39.9 Å². The van der Waals surface area contributed by atoms with E-state index < -0.39 is 5.97 Å². The average molecular weight is 414 g/mol. The molecule has 3 aromatic rings. The van der Waals surface area contributed by atoms with Gasteiger partial charge in [-0.2, -0.15) is 0 Å². The molecule has 0 fully saturated rings. The quantitative estimate of drug-likeness (QED) is 0.527. The fraction of sp³-hybridized carbons (Fsp3) is 0.0588. The maximum atomic E-state index is 11.2. The zero-order valence-electron chi connectivity index (χ0n) is 12.6. The zero-order chi connectivity index (χ0) is 18.0. The molecular weight excluding hydrogens is 403 g/mol. The predicted molar refractivity (Wildman–Crippen MR) is 104 cm³/mol. The van der Waals surface area contributed by atoms with Crippen molar-refractivity contribution in [1.29, 1.82) is 0 Å². The van der Waals surface area contributed by atoms with Crippen LogP contribution in [0.25, 0.3) is 11.3 Å². The molecule has 0 saturated carbocycles. The number of nitrogens with one attached hydrogen (secondary N) is 1. The predicted octanol–water partition coefficient (Wildman–Crippen LogP) is 6.14. The summed E-state index contributed by atoms with van der Waals surface area (Å²) in [6.07, 6.45) is -0.112. The first-order valence-corrected chi connectivity index (χ1v) is 9.07. The van der Waals surface area contributed by atoms with Gasteiger partial charge < -0.3 is 10.4 Å². The molecular formula is C17H11Cl3N2O2S. The molecule has 3 rings (SSSR count). The van der Waals surface area contributed by atoms with Gasteiger partial charge in [-0.05, 0) is 30.3 Å². The van der Waals surface area contributed by atoms with Crippen molar-refractivity contribution in [1.82, 2.24) is 4.98 Å². The van der Waals surface area contributed by atoms with Crippen LogP contribution in [0.5, 0.6) is 0 Å². The molecule has 0 amide bonds. The number of rotatable bonds is 5. The highest BCUT2D eigenvalue weighted by Gasteiger charge is 2.16. The third-order valence-corrected chi connectivity index (χ3v) is 5.26. The van der Waals surface area contributed by atoms with Crippen LogP contribution < -0.4 is 5.32 Å². The molecule has 8 heteroatoms. The molecule has 0 aliphatic carbocycles. The summed E-state index contributed by atoms with van der Waals surface area (Å²) in [7, 11) is 0. The highest BCUT2D eigenvalue weighted by atomic mass is 35.5. The van der Waals surface area contributed by atoms with Gasteiger partial charge in [-0.25, -0.2) is 4.98 Å². The number of hydrogen-bond acceptors (Lipinski definition) is 4. The Hall–Kier alpha value is -1.79. The van der Waals surface area contributed by atoms with Crippen LogP contribution in [0.4, 0.5) is 10.8 Å². The summed E-state index contributed by atoms with van der Waals surface area (Å²) in [6, 6.07) is 12.2. The first-order chi connectivity index (χ1) is 11.9. The summed E-state index contributed by atoms with van der Waals surface area (Å²) in [6.45, 7) is 0. The molecule has 0 radical (unpaired) electrons. The molecule has 0 aliphatic rings. The van der Waals surface area contributed by atoms with E-state index in [1.54, 1.807) is 30.3 Å². The lowest BCUT2D eigenvalue weighted by atomic mass is 10.1. The molecule has 0 unspecified atom stereocenters. The topological polar surface area (TPSA) is 62.2 Å². The fourth-order valence-electron chi connectivity index (χ4n) is 2.19. The third kappa shape index (κ3) is 4.44. The summed E-state index contributed by atoms with van der Waals surface area (Å²) in [5, 5.41) is 14.3. The first kappa shape index (κ1) is 18.0. The molecule has 4 nitrogen and oxygen atoms in total. The summed E-state index contributed by atoms with van der Waals surface area (Å²) >= 11 is 19.1. The van der Waals surface area contributed by atoms with Crippen LogP contribution in [0.1, 0.15) is 4.88 Å². The molecule has 0 saturated heterocycles. The maximum Gasteiger partial charge on any atom is 0.308 e. The van der Waals surface area contributed by atoms with Gasteiger partial charge in [0.1, 0.15) is 0 Å². The third-order valence-electron chi connectivity index (χ3n) is 3.30. The molecule has 25 heavy (non-hydrogen) atoms. The van der Waals surface area contributed by atoms with Crippen LogP contribution in [-0.2, 0) is 11.2 Å². The van der Waals surface area contributed by atoms with Crippen LogP contribution in [0.15, 0.2) is 42.5 Å². The van der Waals surface area contributed by atoms with Crippen molar-refractivity contribution in [2.24, 2.45) is 0 Å². The van der Waals surface area contributed by atoms with E-state index in [1.807, 2.05) is 12.1 Å². The second kappa shape index (κ2) is 7.62. The van der Waals surface area contributed by atoms with E-state index in [2.05, 4.69) is 10.3 Å². The van der Waals surface area contributed by atoms with Crippen LogP contribution in [-0.4, -0.2) is 16.1 Å². The molecule has 0 spiro atoms. The zero-order valence-corrected chi connectivity index (χ0v) is 15.7. The standard InChI is InChI=1S/C17H11Cl3N2O2S/c18-10-3-1-9(2-4-10)16-14(8-15(23)24)25-17(22-16)21-11-5-6-12(19)13(20)7-11/h1-7H,8H2,(H,21,22)(H,23,24). The number of hydrogen-bond donors (Lipinski definition) is 2. The molecule has 2 aromatic carbocycles. The molecule has 0 atom stereocenters.